The summed E-state index contributed by atoms with van der Waals surface area (Å²) in [4.78, 5) is 55.0. The van der Waals surface area contributed by atoms with Gasteiger partial charge in [-0.05, 0) is 55.5 Å². The third-order valence-electron chi connectivity index (χ3n) is 7.46. The van der Waals surface area contributed by atoms with E-state index >= 15 is 0 Å². The minimum absolute atomic E-state index is 0.0248. The van der Waals surface area contributed by atoms with E-state index in [1.807, 2.05) is 11.4 Å². The zero-order chi connectivity index (χ0) is 30.8. The largest absolute Gasteiger partial charge is 0.465 e. The van der Waals surface area contributed by atoms with Crippen LogP contribution in [0.5, 0.6) is 0 Å². The first-order valence-corrected chi connectivity index (χ1v) is 14.5. The van der Waals surface area contributed by atoms with Gasteiger partial charge in [-0.15, -0.1) is 11.3 Å². The number of nitrogens with zero attached hydrogens (tertiary/aromatic N) is 2. The van der Waals surface area contributed by atoms with Crippen molar-refractivity contribution in [1.29, 1.82) is 0 Å². The number of hydrogen-bond donors (Lipinski definition) is 1. The van der Waals surface area contributed by atoms with E-state index in [9.17, 15) is 28.9 Å². The predicted molar refractivity (Wildman–Crippen MR) is 156 cm³/mol. The number of nitro groups is 1. The van der Waals surface area contributed by atoms with E-state index in [1.54, 1.807) is 32.0 Å². The Bertz CT molecular complexity index is 1670. The lowest BCUT2D eigenvalue weighted by molar-refractivity contribution is -0.384. The highest BCUT2D eigenvalue weighted by Gasteiger charge is 2.51. The summed E-state index contributed by atoms with van der Waals surface area (Å²) in [7, 11) is 0. The lowest BCUT2D eigenvalue weighted by atomic mass is 9.68. The van der Waals surface area contributed by atoms with E-state index in [0.717, 1.165) is 4.88 Å². The number of carbonyl (C=O) groups excluding carboxylic acids is 3. The van der Waals surface area contributed by atoms with Crippen LogP contribution < -0.4 is 10.6 Å². The lowest BCUT2D eigenvalue weighted by Crippen LogP contribution is -2.46. The molecule has 0 amide bonds. The van der Waals surface area contributed by atoms with Gasteiger partial charge in [-0.3, -0.25) is 24.6 Å². The summed E-state index contributed by atoms with van der Waals surface area (Å²) in [5.41, 5.74) is 7.17. The highest BCUT2D eigenvalue weighted by Crippen LogP contribution is 2.52. The van der Waals surface area contributed by atoms with E-state index in [-0.39, 0.29) is 53.5 Å². The van der Waals surface area contributed by atoms with Crippen molar-refractivity contribution in [3.63, 3.8) is 0 Å². The number of anilines is 1. The number of non-ortho nitro benzene ring substituents is 1. The molecule has 3 atom stereocenters. The summed E-state index contributed by atoms with van der Waals surface area (Å²) >= 11 is 1.37. The number of rotatable bonds is 8. The molecule has 222 valence electrons. The number of benzene rings is 2. The average molecular weight is 606 g/mol. The maximum Gasteiger partial charge on any atom is 0.338 e. The first-order valence-electron chi connectivity index (χ1n) is 13.6. The Morgan fingerprint density at radius 2 is 1.84 bits per heavy atom. The fourth-order valence-corrected chi connectivity index (χ4v) is 6.64. The van der Waals surface area contributed by atoms with Crippen LogP contribution in [0.2, 0.25) is 0 Å². The van der Waals surface area contributed by atoms with Crippen LogP contribution in [0.15, 0.2) is 88.7 Å². The number of Topliss-reactive ketones (excluding diaryl/α,β-unsaturated/α-hetero) is 1. The first kappa shape index (κ1) is 29.6. The fourth-order valence-electron chi connectivity index (χ4n) is 5.77. The smallest absolute Gasteiger partial charge is 0.338 e. The highest BCUT2D eigenvalue weighted by molar-refractivity contribution is 7.10. The quantitative estimate of drug-likeness (QED) is 0.156. The molecule has 2 aromatic carbocycles. The Labute approximate surface area is 250 Å². The Balaban J connectivity index is 1.84. The number of halogens is 1. The van der Waals surface area contributed by atoms with Crippen LogP contribution in [0, 0.1) is 21.8 Å². The zero-order valence-electron chi connectivity index (χ0n) is 23.3. The van der Waals surface area contributed by atoms with Gasteiger partial charge < -0.3 is 15.2 Å². The monoisotopic (exact) mass is 605 g/mol. The van der Waals surface area contributed by atoms with Crippen LogP contribution in [0.3, 0.4) is 0 Å². The van der Waals surface area contributed by atoms with E-state index in [4.69, 9.17) is 15.2 Å². The lowest BCUT2D eigenvalue weighted by Gasteiger charge is -2.43. The number of carbonyl (C=O) groups is 3. The Kier molecular flexibility index (Phi) is 8.40. The van der Waals surface area contributed by atoms with Crippen LogP contribution >= 0.6 is 11.3 Å². The summed E-state index contributed by atoms with van der Waals surface area (Å²) in [5.74, 6) is -6.03. The maximum absolute atomic E-state index is 14.7. The fraction of sp³-hybridized carbons (Fsp3) is 0.258. The van der Waals surface area contributed by atoms with Crippen LogP contribution in [0.4, 0.5) is 15.8 Å². The minimum atomic E-state index is -1.27. The molecule has 12 heteroatoms. The molecular formula is C31H28FN3O7S. The van der Waals surface area contributed by atoms with Gasteiger partial charge in [-0.2, -0.15) is 0 Å². The Morgan fingerprint density at radius 3 is 2.49 bits per heavy atom. The first-order chi connectivity index (χ1) is 20.7. The molecule has 2 N–H and O–H groups in total. The Morgan fingerprint density at radius 1 is 1.09 bits per heavy atom. The average Bonchev–Trinajstić information content (AvgIpc) is 3.51. The molecule has 43 heavy (non-hydrogen) atoms. The van der Waals surface area contributed by atoms with Gasteiger partial charge in [0.15, 0.2) is 5.78 Å². The number of ether oxygens (including phenoxy) is 2. The van der Waals surface area contributed by atoms with Gasteiger partial charge in [0, 0.05) is 34.2 Å². The molecule has 1 aliphatic carbocycles. The topological polar surface area (TPSA) is 142 Å². The molecule has 3 unspecified atom stereocenters. The van der Waals surface area contributed by atoms with Crippen molar-refractivity contribution in [2.45, 2.75) is 32.1 Å². The van der Waals surface area contributed by atoms with Gasteiger partial charge in [0.1, 0.15) is 17.6 Å². The van der Waals surface area contributed by atoms with Crippen molar-refractivity contribution in [1.82, 2.24) is 0 Å². The predicted octanol–water partition coefficient (Wildman–Crippen LogP) is 5.32. The van der Waals surface area contributed by atoms with Crippen molar-refractivity contribution in [3.05, 3.63) is 115 Å². The summed E-state index contributed by atoms with van der Waals surface area (Å²) in [6.07, 6.45) is 0.101. The number of thiophene rings is 1. The molecule has 0 radical (unpaired) electrons. The van der Waals surface area contributed by atoms with Gasteiger partial charge in [0.05, 0.1) is 35.3 Å². The van der Waals surface area contributed by atoms with Gasteiger partial charge in [-0.1, -0.05) is 24.3 Å². The van der Waals surface area contributed by atoms with Crippen LogP contribution in [-0.4, -0.2) is 35.9 Å². The standard InChI is InChI=1S/C31H28FN3O7S/c1-3-41-30(37)25-21(23-12-7-13-43-23)16-22-26(28(25)36)24(17-8-5-11-20(14-17)35(39)40)27(31(38)42-4-2)29(33)34(22)19-10-6-9-18(32)15-19/h5-15,21,24-25H,3-4,16,33H2,1-2H3. The number of ketones is 1. The molecule has 5 rings (SSSR count). The van der Waals surface area contributed by atoms with E-state index in [2.05, 4.69) is 0 Å². The summed E-state index contributed by atoms with van der Waals surface area (Å²) in [5, 5.41) is 13.5. The second-order valence-electron chi connectivity index (χ2n) is 9.90. The van der Waals surface area contributed by atoms with Crippen molar-refractivity contribution in [2.75, 3.05) is 18.1 Å². The summed E-state index contributed by atoms with van der Waals surface area (Å²) in [6.45, 7) is 3.25. The Hall–Kier alpha value is -4.84. The van der Waals surface area contributed by atoms with Crippen molar-refractivity contribution in [3.8, 4) is 0 Å². The number of nitrogens with two attached hydrogens (primary N) is 1. The van der Waals surface area contributed by atoms with Gasteiger partial charge in [0.2, 0.25) is 0 Å². The van der Waals surface area contributed by atoms with Gasteiger partial charge in [-0.25, -0.2) is 9.18 Å². The molecule has 0 spiro atoms. The SMILES string of the molecule is CCOC(=O)C1=C(N)N(c2cccc(F)c2)C2=C(C(=O)C(C(=O)OCC)C(c3cccs3)C2)C1c1cccc([N+](=O)[O-])c1. The number of hydrogen-bond acceptors (Lipinski definition) is 10. The highest BCUT2D eigenvalue weighted by atomic mass is 32.1. The molecule has 10 nitrogen and oxygen atoms in total. The number of nitro benzene ring substituents is 1. The van der Waals surface area contributed by atoms with Crippen LogP contribution in [0.1, 0.15) is 42.5 Å². The van der Waals surface area contributed by atoms with Crippen molar-refractivity contribution in [2.24, 2.45) is 11.7 Å². The zero-order valence-corrected chi connectivity index (χ0v) is 24.1. The molecule has 1 aromatic heterocycles. The van der Waals surface area contributed by atoms with E-state index < -0.39 is 46.2 Å². The maximum atomic E-state index is 14.7. The number of esters is 2. The third kappa shape index (κ3) is 5.41. The molecule has 2 aliphatic rings. The summed E-state index contributed by atoms with van der Waals surface area (Å²) in [6, 6.07) is 14.7. The van der Waals surface area contributed by atoms with Crippen molar-refractivity contribution >= 4 is 40.4 Å². The van der Waals surface area contributed by atoms with Crippen LogP contribution in [0.25, 0.3) is 0 Å². The van der Waals surface area contributed by atoms with Crippen molar-refractivity contribution < 1.29 is 33.2 Å². The van der Waals surface area contributed by atoms with E-state index in [1.165, 1.54) is 52.6 Å². The third-order valence-corrected chi connectivity index (χ3v) is 8.47. The van der Waals surface area contributed by atoms with Gasteiger partial charge >= 0.3 is 11.9 Å². The van der Waals surface area contributed by atoms with E-state index in [0.29, 0.717) is 5.70 Å². The molecule has 3 aromatic rings. The number of allylic oxidation sites excluding steroid dienone is 2. The molecular weight excluding hydrogens is 577 g/mol. The minimum Gasteiger partial charge on any atom is -0.465 e. The van der Waals surface area contributed by atoms with Gasteiger partial charge in [0.25, 0.3) is 5.69 Å². The molecule has 0 saturated heterocycles. The molecule has 2 heterocycles. The molecule has 0 bridgehead atoms. The molecule has 0 fully saturated rings. The second kappa shape index (κ2) is 12.2. The second-order valence-corrected chi connectivity index (χ2v) is 10.9. The van der Waals surface area contributed by atoms with Crippen LogP contribution in [-0.2, 0) is 23.9 Å². The summed E-state index contributed by atoms with van der Waals surface area (Å²) < 4.78 is 25.3. The molecule has 0 saturated carbocycles. The molecule has 1 aliphatic heterocycles. The normalized spacial score (nSPS) is 20.1.